The normalized spacial score (nSPS) is 16.2. The van der Waals surface area contributed by atoms with E-state index in [1.165, 1.54) is 11.3 Å². The minimum absolute atomic E-state index is 0.154. The lowest BCUT2D eigenvalue weighted by Gasteiger charge is -2.26. The summed E-state index contributed by atoms with van der Waals surface area (Å²) in [5.74, 6) is 1.66. The molecule has 3 rings (SSSR count). The number of ether oxygens (including phenoxy) is 2. The zero-order valence-corrected chi connectivity index (χ0v) is 13.9. The van der Waals surface area contributed by atoms with Gasteiger partial charge in [-0.05, 0) is 18.1 Å². The third-order valence-electron chi connectivity index (χ3n) is 3.75. The van der Waals surface area contributed by atoms with Gasteiger partial charge in [-0.25, -0.2) is 4.98 Å². The molecule has 0 unspecified atom stereocenters. The number of carbonyl (C=O) groups excluding carboxylic acids is 1. The van der Waals surface area contributed by atoms with Gasteiger partial charge in [-0.15, -0.1) is 11.3 Å². The first-order valence-electron chi connectivity index (χ1n) is 7.41. The van der Waals surface area contributed by atoms with Crippen LogP contribution in [0.4, 0.5) is 5.13 Å². The highest BCUT2D eigenvalue weighted by atomic mass is 32.1. The van der Waals surface area contributed by atoms with Crippen molar-refractivity contribution in [1.82, 2.24) is 10.3 Å². The van der Waals surface area contributed by atoms with E-state index in [-0.39, 0.29) is 11.8 Å². The summed E-state index contributed by atoms with van der Waals surface area (Å²) in [6.45, 7) is 1.12. The quantitative estimate of drug-likeness (QED) is 0.877. The number of aromatic nitrogens is 1. The molecule has 122 valence electrons. The molecule has 1 amide bonds. The number of thiazole rings is 1. The van der Waals surface area contributed by atoms with Gasteiger partial charge < -0.3 is 20.1 Å². The van der Waals surface area contributed by atoms with Crippen molar-refractivity contribution in [3.63, 3.8) is 0 Å². The maximum Gasteiger partial charge on any atom is 0.270 e. The summed E-state index contributed by atoms with van der Waals surface area (Å²) in [6.07, 6.45) is 0.853. The van der Waals surface area contributed by atoms with Gasteiger partial charge in [0.1, 0.15) is 5.69 Å². The van der Waals surface area contributed by atoms with Crippen LogP contribution in [-0.4, -0.2) is 38.2 Å². The van der Waals surface area contributed by atoms with E-state index in [0.29, 0.717) is 18.8 Å². The van der Waals surface area contributed by atoms with Crippen LogP contribution in [0.2, 0.25) is 0 Å². The Morgan fingerprint density at radius 1 is 1.52 bits per heavy atom. The molecule has 0 saturated heterocycles. The number of anilines is 1. The van der Waals surface area contributed by atoms with E-state index >= 15 is 0 Å². The molecule has 1 aromatic carbocycles. The smallest absolute Gasteiger partial charge is 0.270 e. The van der Waals surface area contributed by atoms with Crippen molar-refractivity contribution >= 4 is 22.4 Å². The van der Waals surface area contributed by atoms with Gasteiger partial charge in [0.05, 0.1) is 13.7 Å². The lowest BCUT2D eigenvalue weighted by molar-refractivity contribution is 0.0934. The summed E-state index contributed by atoms with van der Waals surface area (Å²) in [6, 6.07) is 5.88. The van der Waals surface area contributed by atoms with Gasteiger partial charge in [-0.1, -0.05) is 12.1 Å². The Labute approximate surface area is 138 Å². The van der Waals surface area contributed by atoms with Crippen molar-refractivity contribution < 1.29 is 14.3 Å². The predicted octanol–water partition coefficient (Wildman–Crippen LogP) is 2.17. The molecule has 1 aliphatic heterocycles. The summed E-state index contributed by atoms with van der Waals surface area (Å²) in [5, 5.41) is 8.34. The number of amides is 1. The van der Waals surface area contributed by atoms with Gasteiger partial charge >= 0.3 is 0 Å². The lowest BCUT2D eigenvalue weighted by atomic mass is 9.96. The fraction of sp³-hybridized carbons (Fsp3) is 0.375. The number of hydrogen-bond acceptors (Lipinski definition) is 6. The highest BCUT2D eigenvalue weighted by Gasteiger charge is 2.23. The number of benzene rings is 1. The Balaban J connectivity index is 1.58. The third-order valence-corrected chi connectivity index (χ3v) is 4.61. The Kier molecular flexibility index (Phi) is 4.66. The number of carbonyl (C=O) groups is 1. The first-order chi connectivity index (χ1) is 11.2. The largest absolute Gasteiger partial charge is 0.493 e. The molecule has 1 atom stereocenters. The fourth-order valence-electron chi connectivity index (χ4n) is 2.57. The molecule has 0 spiro atoms. The average Bonchev–Trinajstić information content (AvgIpc) is 3.08. The summed E-state index contributed by atoms with van der Waals surface area (Å²) in [7, 11) is 3.42. The summed E-state index contributed by atoms with van der Waals surface area (Å²) < 4.78 is 11.1. The Hall–Kier alpha value is -2.28. The van der Waals surface area contributed by atoms with Crippen molar-refractivity contribution in [2.24, 2.45) is 5.92 Å². The molecule has 1 aliphatic rings. The van der Waals surface area contributed by atoms with E-state index in [2.05, 4.69) is 15.6 Å². The first kappa shape index (κ1) is 15.6. The van der Waals surface area contributed by atoms with E-state index in [0.717, 1.165) is 28.6 Å². The number of fused-ring (bicyclic) bond motifs is 1. The highest BCUT2D eigenvalue weighted by Crippen LogP contribution is 2.35. The van der Waals surface area contributed by atoms with Crippen LogP contribution < -0.4 is 20.1 Å². The number of methoxy groups -OCH3 is 1. The van der Waals surface area contributed by atoms with Crippen molar-refractivity contribution in [1.29, 1.82) is 0 Å². The molecule has 23 heavy (non-hydrogen) atoms. The first-order valence-corrected chi connectivity index (χ1v) is 8.29. The van der Waals surface area contributed by atoms with Crippen LogP contribution in [-0.2, 0) is 6.42 Å². The molecular weight excluding hydrogens is 314 g/mol. The molecule has 7 heteroatoms. The van der Waals surface area contributed by atoms with Crippen LogP contribution in [0.15, 0.2) is 23.6 Å². The van der Waals surface area contributed by atoms with E-state index < -0.39 is 0 Å². The number of rotatable bonds is 5. The average molecular weight is 333 g/mol. The Morgan fingerprint density at radius 3 is 3.13 bits per heavy atom. The van der Waals surface area contributed by atoms with E-state index in [4.69, 9.17) is 9.47 Å². The Morgan fingerprint density at radius 2 is 2.39 bits per heavy atom. The van der Waals surface area contributed by atoms with E-state index in [1.807, 2.05) is 18.2 Å². The lowest BCUT2D eigenvalue weighted by Crippen LogP contribution is -2.35. The van der Waals surface area contributed by atoms with Crippen LogP contribution in [0, 0.1) is 5.92 Å². The Bertz CT molecular complexity index is 702. The van der Waals surface area contributed by atoms with Crippen LogP contribution >= 0.6 is 11.3 Å². The minimum Gasteiger partial charge on any atom is -0.493 e. The topological polar surface area (TPSA) is 72.5 Å². The van der Waals surface area contributed by atoms with Gasteiger partial charge in [0.15, 0.2) is 16.6 Å². The van der Waals surface area contributed by atoms with Gasteiger partial charge in [0.25, 0.3) is 5.91 Å². The van der Waals surface area contributed by atoms with Gasteiger partial charge in [0, 0.05) is 24.9 Å². The molecular formula is C16H19N3O3S. The predicted molar refractivity (Wildman–Crippen MR) is 89.7 cm³/mol. The van der Waals surface area contributed by atoms with E-state index in [1.54, 1.807) is 19.5 Å². The molecule has 0 saturated carbocycles. The van der Waals surface area contributed by atoms with Crippen molar-refractivity contribution in [3.8, 4) is 11.5 Å². The van der Waals surface area contributed by atoms with Gasteiger partial charge in [-0.2, -0.15) is 0 Å². The minimum atomic E-state index is -0.154. The maximum absolute atomic E-state index is 12.1. The molecule has 6 nitrogen and oxygen atoms in total. The molecule has 0 fully saturated rings. The second-order valence-electron chi connectivity index (χ2n) is 5.33. The number of nitrogens with zero attached hydrogens (tertiary/aromatic N) is 1. The zero-order valence-electron chi connectivity index (χ0n) is 13.1. The van der Waals surface area contributed by atoms with E-state index in [9.17, 15) is 4.79 Å². The molecule has 0 bridgehead atoms. The molecule has 1 aromatic heterocycles. The summed E-state index contributed by atoms with van der Waals surface area (Å²) in [5.41, 5.74) is 1.55. The van der Waals surface area contributed by atoms with Crippen LogP contribution in [0.25, 0.3) is 0 Å². The summed E-state index contributed by atoms with van der Waals surface area (Å²) >= 11 is 1.41. The molecule has 0 aliphatic carbocycles. The number of hydrogen-bond donors (Lipinski definition) is 2. The molecule has 2 aromatic rings. The van der Waals surface area contributed by atoms with Crippen molar-refractivity contribution in [3.05, 3.63) is 34.8 Å². The zero-order chi connectivity index (χ0) is 16.2. The van der Waals surface area contributed by atoms with Crippen LogP contribution in [0.5, 0.6) is 11.5 Å². The van der Waals surface area contributed by atoms with Gasteiger partial charge in [-0.3, -0.25) is 4.79 Å². The fourth-order valence-corrected chi connectivity index (χ4v) is 3.22. The SMILES string of the molecule is CNc1nc(C(=O)NC[C@@H]2COc3c(cccc3OC)C2)cs1. The number of para-hydroxylation sites is 1. The molecule has 0 radical (unpaired) electrons. The second kappa shape index (κ2) is 6.87. The monoisotopic (exact) mass is 333 g/mol. The highest BCUT2D eigenvalue weighted by molar-refractivity contribution is 7.13. The third kappa shape index (κ3) is 3.39. The van der Waals surface area contributed by atoms with Crippen LogP contribution in [0.1, 0.15) is 16.1 Å². The second-order valence-corrected chi connectivity index (χ2v) is 6.19. The van der Waals surface area contributed by atoms with Crippen molar-refractivity contribution in [2.45, 2.75) is 6.42 Å². The van der Waals surface area contributed by atoms with Gasteiger partial charge in [0.2, 0.25) is 0 Å². The summed E-state index contributed by atoms with van der Waals surface area (Å²) in [4.78, 5) is 16.3. The standard InChI is InChI=1S/C16H19N3O3S/c1-17-16-19-12(9-23-16)15(20)18-7-10-6-11-4-3-5-13(21-2)14(11)22-8-10/h3-5,9-10H,6-8H2,1-2H3,(H,17,19)(H,18,20)/t10-/m1/s1. The molecule has 2 heterocycles. The van der Waals surface area contributed by atoms with Crippen molar-refractivity contribution in [2.75, 3.05) is 32.6 Å². The maximum atomic E-state index is 12.1. The number of nitrogens with one attached hydrogen (secondary N) is 2. The molecule has 2 N–H and O–H groups in total. The van der Waals surface area contributed by atoms with Crippen LogP contribution in [0.3, 0.4) is 0 Å².